The average Bonchev–Trinajstić information content (AvgIpc) is 2.98. The fourth-order valence-electron chi connectivity index (χ4n) is 3.99. The van der Waals surface area contributed by atoms with Crippen molar-refractivity contribution in [1.29, 1.82) is 0 Å². The van der Waals surface area contributed by atoms with Crippen molar-refractivity contribution in [3.05, 3.63) is 155 Å². The van der Waals surface area contributed by atoms with E-state index in [1.165, 1.54) is 36.6 Å². The smallest absolute Gasteiger partial charge is 0.328 e. The Morgan fingerprint density at radius 3 is 1.50 bits per heavy atom. The number of aryl methyl sites for hydroxylation is 2. The molecule has 4 nitrogen and oxygen atoms in total. The first-order valence-corrected chi connectivity index (χ1v) is 12.8. The van der Waals surface area contributed by atoms with E-state index in [1.807, 2.05) is 60.7 Å². The number of carboxylic acids is 1. The third-order valence-electron chi connectivity index (χ3n) is 6.05. The first-order chi connectivity index (χ1) is 19.4. The molecule has 0 saturated heterocycles. The van der Waals surface area contributed by atoms with Gasteiger partial charge in [0.15, 0.2) is 0 Å². The van der Waals surface area contributed by atoms with E-state index in [9.17, 15) is 18.4 Å². The molecule has 0 amide bonds. The molecule has 1 N–H and O–H groups in total. The number of carbonyl (C=O) groups is 2. The number of carbonyl (C=O) groups excluding carboxylic acids is 1. The Morgan fingerprint density at radius 2 is 1.07 bits per heavy atom. The predicted molar refractivity (Wildman–Crippen MR) is 153 cm³/mol. The standard InChI is InChI=1S/2C17H15FO2/c18-17-10-7-14(8-11-17)6-9-16(12-20-13-19)15-4-2-1-3-5-15;18-16-10-7-13(8-11-16)6-9-15(12-17(19)20)14-4-2-1-3-5-14/h1-5,7-8,10-13H,6,9H2;1-5,7-8,10-12H,6,9H2,(H,19,20)/b16-12+;15-12-. The van der Waals surface area contributed by atoms with Gasteiger partial charge in [-0.1, -0.05) is 84.9 Å². The molecule has 0 heterocycles. The van der Waals surface area contributed by atoms with E-state index in [0.29, 0.717) is 25.7 Å². The van der Waals surface area contributed by atoms with Crippen LogP contribution in [0.5, 0.6) is 0 Å². The molecular weight excluding hydrogens is 510 g/mol. The average molecular weight is 541 g/mol. The van der Waals surface area contributed by atoms with Crippen LogP contribution in [0, 0.1) is 11.6 Å². The normalized spacial score (nSPS) is 11.2. The monoisotopic (exact) mass is 540 g/mol. The Morgan fingerprint density at radius 1 is 0.650 bits per heavy atom. The van der Waals surface area contributed by atoms with Crippen LogP contribution in [-0.4, -0.2) is 17.5 Å². The molecule has 0 unspecified atom stereocenters. The van der Waals surface area contributed by atoms with Gasteiger partial charge < -0.3 is 9.84 Å². The summed E-state index contributed by atoms with van der Waals surface area (Å²) in [5.41, 5.74) is 5.64. The SMILES string of the molecule is O=C(O)/C=C(/CCc1ccc(F)cc1)c1ccccc1.O=CO/C=C(\CCc1ccc(F)cc1)c1ccccc1. The highest BCUT2D eigenvalue weighted by Gasteiger charge is 2.06. The Bertz CT molecular complexity index is 1400. The maximum Gasteiger partial charge on any atom is 0.328 e. The third-order valence-corrected chi connectivity index (χ3v) is 6.05. The van der Waals surface area contributed by atoms with E-state index in [1.54, 1.807) is 24.3 Å². The fraction of sp³-hybridized carbons (Fsp3) is 0.118. The largest absolute Gasteiger partial charge is 0.478 e. The van der Waals surface area contributed by atoms with Crippen LogP contribution in [0.3, 0.4) is 0 Å². The summed E-state index contributed by atoms with van der Waals surface area (Å²) in [6.07, 6.45) is 5.44. The molecule has 0 aliphatic carbocycles. The minimum atomic E-state index is -0.956. The number of carboxylic acid groups (broad SMARTS) is 1. The second-order valence-corrected chi connectivity index (χ2v) is 8.87. The van der Waals surface area contributed by atoms with Crippen LogP contribution in [0.15, 0.2) is 122 Å². The van der Waals surface area contributed by atoms with Crippen molar-refractivity contribution in [2.45, 2.75) is 25.7 Å². The molecule has 0 aliphatic rings. The number of aliphatic carboxylic acids is 1. The minimum absolute atomic E-state index is 0.239. The summed E-state index contributed by atoms with van der Waals surface area (Å²) in [5, 5.41) is 8.95. The maximum absolute atomic E-state index is 12.8. The maximum atomic E-state index is 12.8. The number of halogens is 2. The van der Waals surface area contributed by atoms with Gasteiger partial charge in [0.2, 0.25) is 0 Å². The topological polar surface area (TPSA) is 63.6 Å². The fourth-order valence-corrected chi connectivity index (χ4v) is 3.99. The minimum Gasteiger partial charge on any atom is -0.478 e. The predicted octanol–water partition coefficient (Wildman–Crippen LogP) is 7.90. The van der Waals surface area contributed by atoms with Gasteiger partial charge in [-0.3, -0.25) is 4.79 Å². The molecule has 0 spiro atoms. The number of benzene rings is 4. The van der Waals surface area contributed by atoms with E-state index < -0.39 is 5.97 Å². The van der Waals surface area contributed by atoms with Crippen molar-refractivity contribution >= 4 is 23.6 Å². The van der Waals surface area contributed by atoms with Crippen LogP contribution < -0.4 is 0 Å². The first-order valence-electron chi connectivity index (χ1n) is 12.8. The Labute approximate surface area is 232 Å². The highest BCUT2D eigenvalue weighted by atomic mass is 19.1. The highest BCUT2D eigenvalue weighted by molar-refractivity contribution is 5.90. The van der Waals surface area contributed by atoms with E-state index in [-0.39, 0.29) is 11.6 Å². The van der Waals surface area contributed by atoms with Crippen molar-refractivity contribution in [2.24, 2.45) is 0 Å². The summed E-state index contributed by atoms with van der Waals surface area (Å²) in [5.74, 6) is -1.46. The van der Waals surface area contributed by atoms with Crippen LogP contribution in [0.1, 0.15) is 35.1 Å². The molecule has 0 fully saturated rings. The van der Waals surface area contributed by atoms with Crippen LogP contribution in [0.25, 0.3) is 11.1 Å². The van der Waals surface area contributed by atoms with Gasteiger partial charge in [-0.2, -0.15) is 0 Å². The van der Waals surface area contributed by atoms with Gasteiger partial charge in [-0.15, -0.1) is 0 Å². The molecule has 0 atom stereocenters. The van der Waals surface area contributed by atoms with E-state index in [4.69, 9.17) is 9.84 Å². The number of ether oxygens (including phenoxy) is 1. The number of hydrogen-bond acceptors (Lipinski definition) is 3. The molecule has 0 aliphatic heterocycles. The van der Waals surface area contributed by atoms with Crippen molar-refractivity contribution in [3.63, 3.8) is 0 Å². The van der Waals surface area contributed by atoms with Gasteiger partial charge in [0.25, 0.3) is 6.47 Å². The Hall–Kier alpha value is -4.84. The molecule has 0 aromatic heterocycles. The Kier molecular flexibility index (Phi) is 12.0. The summed E-state index contributed by atoms with van der Waals surface area (Å²) >= 11 is 0. The van der Waals surface area contributed by atoms with Gasteiger partial charge in [-0.25, -0.2) is 13.6 Å². The summed E-state index contributed by atoms with van der Waals surface area (Å²) in [6.45, 7) is 0.404. The number of allylic oxidation sites excluding steroid dienone is 2. The van der Waals surface area contributed by atoms with Crippen LogP contribution in [-0.2, 0) is 27.2 Å². The summed E-state index contributed by atoms with van der Waals surface area (Å²) < 4.78 is 30.4. The lowest BCUT2D eigenvalue weighted by molar-refractivity contribution is -0.131. The van der Waals surface area contributed by atoms with Gasteiger partial charge in [-0.05, 0) is 83.3 Å². The molecule has 4 aromatic rings. The molecule has 4 rings (SSSR count). The quantitative estimate of drug-likeness (QED) is 0.119. The van der Waals surface area contributed by atoms with Gasteiger partial charge >= 0.3 is 5.97 Å². The van der Waals surface area contributed by atoms with Crippen molar-refractivity contribution in [3.8, 4) is 0 Å². The van der Waals surface area contributed by atoms with Crippen LogP contribution in [0.2, 0.25) is 0 Å². The van der Waals surface area contributed by atoms with Crippen molar-refractivity contribution in [1.82, 2.24) is 0 Å². The zero-order valence-corrected chi connectivity index (χ0v) is 21.9. The zero-order chi connectivity index (χ0) is 28.6. The molecular formula is C34H30F2O4. The lowest BCUT2D eigenvalue weighted by Crippen LogP contribution is -1.95. The molecule has 0 bridgehead atoms. The number of rotatable bonds is 11. The Balaban J connectivity index is 0.000000220. The van der Waals surface area contributed by atoms with E-state index >= 15 is 0 Å². The van der Waals surface area contributed by atoms with Gasteiger partial charge in [0, 0.05) is 6.08 Å². The zero-order valence-electron chi connectivity index (χ0n) is 21.9. The molecule has 204 valence electrons. The lowest BCUT2D eigenvalue weighted by Gasteiger charge is -2.07. The molecule has 4 aromatic carbocycles. The van der Waals surface area contributed by atoms with Crippen LogP contribution in [0.4, 0.5) is 8.78 Å². The van der Waals surface area contributed by atoms with Gasteiger partial charge in [0.05, 0.1) is 6.26 Å². The van der Waals surface area contributed by atoms with Gasteiger partial charge in [0.1, 0.15) is 11.6 Å². The number of hydrogen-bond donors (Lipinski definition) is 1. The summed E-state index contributed by atoms with van der Waals surface area (Å²) in [6, 6.07) is 31.8. The molecule has 40 heavy (non-hydrogen) atoms. The summed E-state index contributed by atoms with van der Waals surface area (Å²) in [7, 11) is 0. The highest BCUT2D eigenvalue weighted by Crippen LogP contribution is 2.22. The molecule has 0 radical (unpaired) electrons. The first kappa shape index (κ1) is 29.7. The van der Waals surface area contributed by atoms with E-state index in [2.05, 4.69) is 0 Å². The van der Waals surface area contributed by atoms with E-state index in [0.717, 1.165) is 39.8 Å². The second kappa shape index (κ2) is 16.2. The molecule has 0 saturated carbocycles. The van der Waals surface area contributed by atoms with Crippen molar-refractivity contribution in [2.75, 3.05) is 0 Å². The summed E-state index contributed by atoms with van der Waals surface area (Å²) in [4.78, 5) is 21.3. The second-order valence-electron chi connectivity index (χ2n) is 8.87. The molecule has 6 heteroatoms. The van der Waals surface area contributed by atoms with Crippen molar-refractivity contribution < 1.29 is 28.2 Å². The van der Waals surface area contributed by atoms with Crippen LogP contribution >= 0.6 is 0 Å². The third kappa shape index (κ3) is 10.5. The lowest BCUT2D eigenvalue weighted by atomic mass is 9.98.